The zero-order valence-corrected chi connectivity index (χ0v) is 15.9. The molecule has 2 aromatic carbocycles. The maximum atomic E-state index is 12.7. The second kappa shape index (κ2) is 7.66. The third kappa shape index (κ3) is 3.82. The number of amides is 1. The Kier molecular flexibility index (Phi) is 5.09. The van der Waals surface area contributed by atoms with Crippen molar-refractivity contribution in [2.75, 3.05) is 40.1 Å². The summed E-state index contributed by atoms with van der Waals surface area (Å²) in [5.41, 5.74) is 1.77. The Labute approximate surface area is 163 Å². The van der Waals surface area contributed by atoms with Gasteiger partial charge in [0.15, 0.2) is 11.5 Å². The van der Waals surface area contributed by atoms with E-state index in [0.29, 0.717) is 29.4 Å². The van der Waals surface area contributed by atoms with Crippen LogP contribution < -0.4 is 14.2 Å². The molecule has 2 aliphatic rings. The van der Waals surface area contributed by atoms with E-state index < -0.39 is 0 Å². The molecule has 1 amide bonds. The summed E-state index contributed by atoms with van der Waals surface area (Å²) in [6, 6.07) is 11.2. The van der Waals surface area contributed by atoms with E-state index in [1.807, 2.05) is 17.0 Å². The monoisotopic (exact) mass is 388 g/mol. The van der Waals surface area contributed by atoms with Crippen molar-refractivity contribution in [2.45, 2.75) is 6.54 Å². The first-order valence-corrected chi connectivity index (χ1v) is 9.25. The van der Waals surface area contributed by atoms with Crippen molar-refractivity contribution in [3.05, 3.63) is 52.5 Å². The number of methoxy groups -OCH3 is 1. The number of piperazine rings is 1. The lowest BCUT2D eigenvalue weighted by Gasteiger charge is -2.34. The van der Waals surface area contributed by atoms with Gasteiger partial charge in [0.05, 0.1) is 12.1 Å². The van der Waals surface area contributed by atoms with Crippen molar-refractivity contribution in [1.82, 2.24) is 9.80 Å². The number of nitrogens with zero attached hydrogens (tertiary/aromatic N) is 2. The summed E-state index contributed by atoms with van der Waals surface area (Å²) in [5.74, 6) is 2.18. The van der Waals surface area contributed by atoms with E-state index in [-0.39, 0.29) is 12.7 Å². The number of hydrogen-bond donors (Lipinski definition) is 0. The van der Waals surface area contributed by atoms with Crippen LogP contribution in [-0.4, -0.2) is 55.8 Å². The number of fused-ring (bicyclic) bond motifs is 1. The van der Waals surface area contributed by atoms with Crippen molar-refractivity contribution in [1.29, 1.82) is 0 Å². The average molecular weight is 389 g/mol. The highest BCUT2D eigenvalue weighted by Gasteiger charge is 2.23. The highest BCUT2D eigenvalue weighted by atomic mass is 35.5. The number of carbonyl (C=O) groups excluding carboxylic acids is 1. The molecule has 4 rings (SSSR count). The summed E-state index contributed by atoms with van der Waals surface area (Å²) in [5, 5.41) is 0.449. The van der Waals surface area contributed by atoms with Gasteiger partial charge in [-0.25, -0.2) is 0 Å². The van der Waals surface area contributed by atoms with Gasteiger partial charge < -0.3 is 19.1 Å². The lowest BCUT2D eigenvalue weighted by Crippen LogP contribution is -2.48. The van der Waals surface area contributed by atoms with E-state index in [2.05, 4.69) is 11.0 Å². The second-order valence-corrected chi connectivity index (χ2v) is 7.01. The SMILES string of the molecule is COc1ccc(C(=O)N2CCN(Cc3ccc4c(c3)OCO4)CC2)cc1Cl. The lowest BCUT2D eigenvalue weighted by molar-refractivity contribution is 0.0628. The molecule has 0 atom stereocenters. The Hall–Kier alpha value is -2.44. The van der Waals surface area contributed by atoms with Crippen LogP contribution in [0.25, 0.3) is 0 Å². The van der Waals surface area contributed by atoms with Crippen LogP contribution in [0.15, 0.2) is 36.4 Å². The van der Waals surface area contributed by atoms with Crippen molar-refractivity contribution >= 4 is 17.5 Å². The second-order valence-electron chi connectivity index (χ2n) is 6.61. The highest BCUT2D eigenvalue weighted by molar-refractivity contribution is 6.32. The first-order valence-electron chi connectivity index (χ1n) is 8.88. The minimum absolute atomic E-state index is 0.00211. The smallest absolute Gasteiger partial charge is 0.253 e. The van der Waals surface area contributed by atoms with Crippen LogP contribution in [0.3, 0.4) is 0 Å². The van der Waals surface area contributed by atoms with Crippen LogP contribution in [0.2, 0.25) is 5.02 Å². The van der Waals surface area contributed by atoms with Gasteiger partial charge in [0.25, 0.3) is 5.91 Å². The topological polar surface area (TPSA) is 51.2 Å². The number of rotatable bonds is 4. The van der Waals surface area contributed by atoms with Gasteiger partial charge in [-0.15, -0.1) is 0 Å². The molecular weight excluding hydrogens is 368 g/mol. The number of halogens is 1. The molecule has 1 fully saturated rings. The molecule has 7 heteroatoms. The van der Waals surface area contributed by atoms with Crippen LogP contribution in [-0.2, 0) is 6.54 Å². The third-order valence-corrected chi connectivity index (χ3v) is 5.20. The van der Waals surface area contributed by atoms with E-state index in [4.69, 9.17) is 25.8 Å². The molecule has 6 nitrogen and oxygen atoms in total. The van der Waals surface area contributed by atoms with Crippen LogP contribution in [0.1, 0.15) is 15.9 Å². The Balaban J connectivity index is 1.34. The Morgan fingerprint density at radius 2 is 1.85 bits per heavy atom. The molecule has 142 valence electrons. The van der Waals surface area contributed by atoms with Gasteiger partial charge in [-0.05, 0) is 35.9 Å². The zero-order chi connectivity index (χ0) is 18.8. The van der Waals surface area contributed by atoms with E-state index in [1.54, 1.807) is 25.3 Å². The van der Waals surface area contributed by atoms with Gasteiger partial charge in [-0.3, -0.25) is 9.69 Å². The summed E-state index contributed by atoms with van der Waals surface area (Å²) >= 11 is 6.14. The molecule has 2 heterocycles. The lowest BCUT2D eigenvalue weighted by atomic mass is 10.1. The molecule has 27 heavy (non-hydrogen) atoms. The Bertz CT molecular complexity index is 850. The third-order valence-electron chi connectivity index (χ3n) is 4.90. The average Bonchev–Trinajstić information content (AvgIpc) is 3.16. The predicted octanol–water partition coefficient (Wildman–Crippen LogP) is 3.04. The van der Waals surface area contributed by atoms with Gasteiger partial charge in [0, 0.05) is 38.3 Å². The molecule has 2 aliphatic heterocycles. The summed E-state index contributed by atoms with van der Waals surface area (Å²) in [4.78, 5) is 16.9. The molecule has 0 N–H and O–H groups in total. The largest absolute Gasteiger partial charge is 0.495 e. The number of hydrogen-bond acceptors (Lipinski definition) is 5. The van der Waals surface area contributed by atoms with E-state index in [1.165, 1.54) is 5.56 Å². The summed E-state index contributed by atoms with van der Waals surface area (Å²) in [6.45, 7) is 4.14. The van der Waals surface area contributed by atoms with Crippen LogP contribution in [0.5, 0.6) is 17.2 Å². The van der Waals surface area contributed by atoms with Crippen LogP contribution in [0.4, 0.5) is 0 Å². The summed E-state index contributed by atoms with van der Waals surface area (Å²) < 4.78 is 15.9. The molecule has 2 aromatic rings. The first-order chi connectivity index (χ1) is 13.1. The van der Waals surface area contributed by atoms with Crippen LogP contribution >= 0.6 is 11.6 Å². The molecule has 0 saturated carbocycles. The molecule has 0 radical (unpaired) electrons. The molecule has 0 bridgehead atoms. The van der Waals surface area contributed by atoms with E-state index in [0.717, 1.165) is 31.1 Å². The number of ether oxygens (including phenoxy) is 3. The fourth-order valence-corrected chi connectivity index (χ4v) is 3.65. The fraction of sp³-hybridized carbons (Fsp3) is 0.350. The minimum Gasteiger partial charge on any atom is -0.495 e. The maximum absolute atomic E-state index is 12.7. The maximum Gasteiger partial charge on any atom is 0.253 e. The van der Waals surface area contributed by atoms with E-state index >= 15 is 0 Å². The first kappa shape index (κ1) is 17.9. The molecule has 0 aromatic heterocycles. The molecule has 1 saturated heterocycles. The molecular formula is C20H21ClN2O4. The van der Waals surface area contributed by atoms with Crippen molar-refractivity contribution in [3.63, 3.8) is 0 Å². The van der Waals surface area contributed by atoms with Gasteiger partial charge >= 0.3 is 0 Å². The number of carbonyl (C=O) groups is 1. The Morgan fingerprint density at radius 1 is 1.07 bits per heavy atom. The standard InChI is InChI=1S/C20H21ClN2O4/c1-25-17-5-3-15(11-16(17)21)20(24)23-8-6-22(7-9-23)12-14-2-4-18-19(10-14)27-13-26-18/h2-5,10-11H,6-9,12-13H2,1H3. The molecule has 0 unspecified atom stereocenters. The van der Waals surface area contributed by atoms with Gasteiger partial charge in [-0.1, -0.05) is 17.7 Å². The fourth-order valence-electron chi connectivity index (χ4n) is 3.39. The Morgan fingerprint density at radius 3 is 2.59 bits per heavy atom. The van der Waals surface area contributed by atoms with Gasteiger partial charge in [0.2, 0.25) is 6.79 Å². The van der Waals surface area contributed by atoms with Crippen LogP contribution in [0, 0.1) is 0 Å². The van der Waals surface area contributed by atoms with Crippen molar-refractivity contribution in [2.24, 2.45) is 0 Å². The minimum atomic E-state index is 0.00211. The molecule has 0 aliphatic carbocycles. The van der Waals surface area contributed by atoms with Gasteiger partial charge in [-0.2, -0.15) is 0 Å². The van der Waals surface area contributed by atoms with Crippen molar-refractivity contribution in [3.8, 4) is 17.2 Å². The van der Waals surface area contributed by atoms with Gasteiger partial charge in [0.1, 0.15) is 5.75 Å². The summed E-state index contributed by atoms with van der Waals surface area (Å²) in [7, 11) is 1.56. The molecule has 0 spiro atoms. The predicted molar refractivity (Wildman–Crippen MR) is 102 cm³/mol. The van der Waals surface area contributed by atoms with Crippen molar-refractivity contribution < 1.29 is 19.0 Å². The number of benzene rings is 2. The quantitative estimate of drug-likeness (QED) is 0.805. The highest BCUT2D eigenvalue weighted by Crippen LogP contribution is 2.33. The summed E-state index contributed by atoms with van der Waals surface area (Å²) in [6.07, 6.45) is 0. The normalized spacial score (nSPS) is 16.4. The zero-order valence-electron chi connectivity index (χ0n) is 15.1. The van der Waals surface area contributed by atoms with E-state index in [9.17, 15) is 4.79 Å².